The Labute approximate surface area is 68.2 Å². The molecular weight excluding hydrogens is 136 g/mol. The highest BCUT2D eigenvalue weighted by Gasteiger charge is 2.69. The lowest BCUT2D eigenvalue weighted by molar-refractivity contribution is -0.109. The summed E-state index contributed by atoms with van der Waals surface area (Å²) in [6, 6.07) is 0. The van der Waals surface area contributed by atoms with E-state index in [-0.39, 0.29) is 0 Å². The molecule has 0 saturated heterocycles. The van der Waals surface area contributed by atoms with Gasteiger partial charge < -0.3 is 4.79 Å². The Morgan fingerprint density at radius 3 is 2.91 bits per heavy atom. The van der Waals surface area contributed by atoms with Gasteiger partial charge in [0.05, 0.1) is 0 Å². The summed E-state index contributed by atoms with van der Waals surface area (Å²) in [6.07, 6.45) is 7.78. The van der Waals surface area contributed by atoms with Crippen LogP contribution in [0.2, 0.25) is 0 Å². The van der Waals surface area contributed by atoms with Gasteiger partial charge in [0.1, 0.15) is 6.29 Å². The van der Waals surface area contributed by atoms with Crippen molar-refractivity contribution in [2.75, 3.05) is 0 Å². The zero-order valence-corrected chi connectivity index (χ0v) is 7.18. The van der Waals surface area contributed by atoms with Crippen molar-refractivity contribution in [1.29, 1.82) is 0 Å². The third kappa shape index (κ3) is 1.02. The van der Waals surface area contributed by atoms with Gasteiger partial charge >= 0.3 is 0 Å². The summed E-state index contributed by atoms with van der Waals surface area (Å²) in [6.45, 7) is 2.24. The summed E-state index contributed by atoms with van der Waals surface area (Å²) in [5, 5.41) is 0. The van der Waals surface area contributed by atoms with Crippen molar-refractivity contribution >= 4 is 6.29 Å². The normalized spacial score (nSPS) is 45.9. The molecule has 2 aliphatic rings. The molecule has 0 radical (unpaired) electrons. The standard InChI is InChI=1S/C10H16O/c1-2-3-4-8-5-10(8)6-9(10)7-11/h7-9H,2-6H2,1H3/t8-,9+,10+/m0/s1. The van der Waals surface area contributed by atoms with Gasteiger partial charge in [0.2, 0.25) is 0 Å². The fourth-order valence-electron chi connectivity index (χ4n) is 2.48. The first-order chi connectivity index (χ1) is 5.33. The zero-order valence-electron chi connectivity index (χ0n) is 7.18. The smallest absolute Gasteiger partial charge is 0.123 e. The number of hydrogen-bond acceptors (Lipinski definition) is 1. The number of carbonyl (C=O) groups excluding carboxylic acids is 1. The molecule has 0 aromatic rings. The molecule has 3 atom stereocenters. The molecule has 0 aliphatic heterocycles. The third-order valence-electron chi connectivity index (χ3n) is 3.53. The van der Waals surface area contributed by atoms with Crippen molar-refractivity contribution in [2.24, 2.45) is 17.3 Å². The summed E-state index contributed by atoms with van der Waals surface area (Å²) < 4.78 is 0. The van der Waals surface area contributed by atoms with Crippen molar-refractivity contribution in [1.82, 2.24) is 0 Å². The highest BCUT2D eigenvalue weighted by Crippen LogP contribution is 2.75. The van der Waals surface area contributed by atoms with Gasteiger partial charge in [-0.2, -0.15) is 0 Å². The van der Waals surface area contributed by atoms with Crippen molar-refractivity contribution in [2.45, 2.75) is 39.0 Å². The van der Waals surface area contributed by atoms with E-state index >= 15 is 0 Å². The predicted molar refractivity (Wildman–Crippen MR) is 44.2 cm³/mol. The minimum absolute atomic E-state index is 0.462. The SMILES string of the molecule is CCCC[C@H]1C[C@@]12C[C@@H]2C=O. The van der Waals surface area contributed by atoms with Crippen LogP contribution in [-0.4, -0.2) is 6.29 Å². The van der Waals surface area contributed by atoms with Gasteiger partial charge in [-0.1, -0.05) is 19.8 Å². The largest absolute Gasteiger partial charge is 0.303 e. The van der Waals surface area contributed by atoms with Crippen LogP contribution in [0.4, 0.5) is 0 Å². The van der Waals surface area contributed by atoms with Crippen LogP contribution in [0.15, 0.2) is 0 Å². The van der Waals surface area contributed by atoms with Gasteiger partial charge in [-0.25, -0.2) is 0 Å². The van der Waals surface area contributed by atoms with Gasteiger partial charge in [0.25, 0.3) is 0 Å². The number of unbranched alkanes of at least 4 members (excludes halogenated alkanes) is 1. The molecule has 11 heavy (non-hydrogen) atoms. The maximum absolute atomic E-state index is 10.4. The highest BCUT2D eigenvalue weighted by atomic mass is 16.1. The molecule has 2 aliphatic carbocycles. The number of aldehydes is 1. The minimum Gasteiger partial charge on any atom is -0.303 e. The van der Waals surface area contributed by atoms with E-state index in [4.69, 9.17) is 0 Å². The molecule has 1 nitrogen and oxygen atoms in total. The molecule has 62 valence electrons. The molecule has 0 unspecified atom stereocenters. The van der Waals surface area contributed by atoms with E-state index < -0.39 is 0 Å². The lowest BCUT2D eigenvalue weighted by atomic mass is 10.1. The molecule has 0 aromatic heterocycles. The van der Waals surface area contributed by atoms with Crippen LogP contribution in [-0.2, 0) is 4.79 Å². The second-order valence-electron chi connectivity index (χ2n) is 4.22. The summed E-state index contributed by atoms with van der Waals surface area (Å²) in [5.74, 6) is 1.39. The summed E-state index contributed by atoms with van der Waals surface area (Å²) in [7, 11) is 0. The number of rotatable bonds is 4. The second kappa shape index (κ2) is 2.33. The second-order valence-corrected chi connectivity index (χ2v) is 4.22. The van der Waals surface area contributed by atoms with Gasteiger partial charge in [-0.05, 0) is 30.6 Å². The number of hydrogen-bond donors (Lipinski definition) is 0. The molecule has 2 fully saturated rings. The Kier molecular flexibility index (Phi) is 1.55. The van der Waals surface area contributed by atoms with Crippen LogP contribution >= 0.6 is 0 Å². The Morgan fingerprint density at radius 1 is 1.55 bits per heavy atom. The molecule has 2 saturated carbocycles. The van der Waals surface area contributed by atoms with Crippen LogP contribution in [0.5, 0.6) is 0 Å². The quantitative estimate of drug-likeness (QED) is 0.565. The van der Waals surface area contributed by atoms with E-state index in [1.54, 1.807) is 0 Å². The molecule has 1 heteroatoms. The van der Waals surface area contributed by atoms with Crippen LogP contribution in [0.3, 0.4) is 0 Å². The monoisotopic (exact) mass is 152 g/mol. The first-order valence-electron chi connectivity index (χ1n) is 4.79. The van der Waals surface area contributed by atoms with E-state index in [2.05, 4.69) is 6.92 Å². The third-order valence-corrected chi connectivity index (χ3v) is 3.53. The molecule has 0 heterocycles. The minimum atomic E-state index is 0.462. The number of carbonyl (C=O) groups is 1. The molecule has 0 bridgehead atoms. The maximum Gasteiger partial charge on any atom is 0.123 e. The molecule has 2 rings (SSSR count). The summed E-state index contributed by atoms with van der Waals surface area (Å²) in [5.41, 5.74) is 0.566. The summed E-state index contributed by atoms with van der Waals surface area (Å²) >= 11 is 0. The van der Waals surface area contributed by atoms with Gasteiger partial charge in [-0.3, -0.25) is 0 Å². The summed E-state index contributed by atoms with van der Waals surface area (Å²) in [4.78, 5) is 10.4. The van der Waals surface area contributed by atoms with Crippen molar-refractivity contribution in [3.05, 3.63) is 0 Å². The lowest BCUT2D eigenvalue weighted by Gasteiger charge is -1.93. The fraction of sp³-hybridized carbons (Fsp3) is 0.900. The van der Waals surface area contributed by atoms with Gasteiger partial charge in [0.15, 0.2) is 0 Å². The van der Waals surface area contributed by atoms with Crippen LogP contribution in [0.25, 0.3) is 0 Å². The Morgan fingerprint density at radius 2 is 2.36 bits per heavy atom. The molecule has 1 spiro atoms. The topological polar surface area (TPSA) is 17.1 Å². The Hall–Kier alpha value is -0.330. The molecule has 0 N–H and O–H groups in total. The molecular formula is C10H16O. The van der Waals surface area contributed by atoms with E-state index in [0.29, 0.717) is 11.3 Å². The lowest BCUT2D eigenvalue weighted by Crippen LogP contribution is -1.86. The van der Waals surface area contributed by atoms with Crippen molar-refractivity contribution in [3.8, 4) is 0 Å². The molecule has 0 aromatic carbocycles. The first kappa shape index (κ1) is 7.33. The van der Waals surface area contributed by atoms with E-state index in [1.807, 2.05) is 0 Å². The van der Waals surface area contributed by atoms with Crippen LogP contribution in [0, 0.1) is 17.3 Å². The van der Waals surface area contributed by atoms with Crippen LogP contribution in [0.1, 0.15) is 39.0 Å². The fourth-order valence-corrected chi connectivity index (χ4v) is 2.48. The highest BCUT2D eigenvalue weighted by molar-refractivity contribution is 5.62. The van der Waals surface area contributed by atoms with Crippen molar-refractivity contribution in [3.63, 3.8) is 0 Å². The first-order valence-corrected chi connectivity index (χ1v) is 4.79. The van der Waals surface area contributed by atoms with E-state index in [9.17, 15) is 4.79 Å². The van der Waals surface area contributed by atoms with Gasteiger partial charge in [0, 0.05) is 5.92 Å². The Bertz CT molecular complexity index is 176. The van der Waals surface area contributed by atoms with Crippen molar-refractivity contribution < 1.29 is 4.79 Å². The average molecular weight is 152 g/mol. The Balaban J connectivity index is 1.74. The zero-order chi connectivity index (χ0) is 7.90. The maximum atomic E-state index is 10.4. The van der Waals surface area contributed by atoms with Crippen LogP contribution < -0.4 is 0 Å². The van der Waals surface area contributed by atoms with E-state index in [0.717, 1.165) is 5.92 Å². The predicted octanol–water partition coefficient (Wildman–Crippen LogP) is 2.40. The van der Waals surface area contributed by atoms with E-state index in [1.165, 1.54) is 38.4 Å². The van der Waals surface area contributed by atoms with Gasteiger partial charge in [-0.15, -0.1) is 0 Å². The average Bonchev–Trinajstić information content (AvgIpc) is 2.89. The molecule has 0 amide bonds.